The minimum Gasteiger partial charge on any atom is -0.481 e. The molecule has 0 fully saturated rings. The van der Waals surface area contributed by atoms with Crippen LogP contribution in [0.4, 0.5) is 0 Å². The molecule has 1 aromatic rings. The van der Waals surface area contributed by atoms with Gasteiger partial charge in [-0.05, 0) is 24.8 Å². The smallest absolute Gasteiger partial charge is 0.306 e. The summed E-state index contributed by atoms with van der Waals surface area (Å²) in [5, 5.41) is 8.73. The summed E-state index contributed by atoms with van der Waals surface area (Å²) >= 11 is 0. The summed E-state index contributed by atoms with van der Waals surface area (Å²) in [5.74, 6) is -1.22. The van der Waals surface area contributed by atoms with Gasteiger partial charge in [0.1, 0.15) is 0 Å². The van der Waals surface area contributed by atoms with Crippen molar-refractivity contribution in [3.05, 3.63) is 35.9 Å². The summed E-state index contributed by atoms with van der Waals surface area (Å²) < 4.78 is 4.91. The van der Waals surface area contributed by atoms with Crippen molar-refractivity contribution in [2.24, 2.45) is 0 Å². The van der Waals surface area contributed by atoms with Crippen LogP contribution in [-0.2, 0) is 14.3 Å². The minimum atomic E-state index is -0.847. The lowest BCUT2D eigenvalue weighted by Gasteiger charge is -2.15. The van der Waals surface area contributed by atoms with E-state index in [1.165, 1.54) is 0 Å². The molecule has 1 atom stereocenters. The van der Waals surface area contributed by atoms with Crippen LogP contribution in [-0.4, -0.2) is 23.7 Å². The van der Waals surface area contributed by atoms with E-state index in [-0.39, 0.29) is 24.7 Å². The highest BCUT2D eigenvalue weighted by Gasteiger charge is 2.17. The lowest BCUT2D eigenvalue weighted by atomic mass is 9.91. The van der Waals surface area contributed by atoms with Gasteiger partial charge in [0.25, 0.3) is 0 Å². The molecule has 0 saturated carbocycles. The standard InChI is InChI=1S/C14H18O4/c1-2-18-14(17)10-12(8-9-13(15)16)11-6-4-3-5-7-11/h3-7,12H,2,8-10H2,1H3,(H,15,16). The Balaban J connectivity index is 2.69. The average Bonchev–Trinajstić information content (AvgIpc) is 2.35. The average molecular weight is 250 g/mol. The van der Waals surface area contributed by atoms with Crippen LogP contribution in [0.1, 0.15) is 37.7 Å². The summed E-state index contributed by atoms with van der Waals surface area (Å²) in [6.45, 7) is 2.10. The lowest BCUT2D eigenvalue weighted by Crippen LogP contribution is -2.12. The number of ether oxygens (including phenoxy) is 1. The third-order valence-electron chi connectivity index (χ3n) is 2.70. The van der Waals surface area contributed by atoms with Crippen molar-refractivity contribution in [1.82, 2.24) is 0 Å². The van der Waals surface area contributed by atoms with E-state index in [4.69, 9.17) is 9.84 Å². The number of hydrogen-bond acceptors (Lipinski definition) is 3. The van der Waals surface area contributed by atoms with E-state index in [2.05, 4.69) is 0 Å². The number of aliphatic carboxylic acids is 1. The number of carbonyl (C=O) groups is 2. The van der Waals surface area contributed by atoms with E-state index in [1.54, 1.807) is 6.92 Å². The van der Waals surface area contributed by atoms with Gasteiger partial charge in [-0.15, -0.1) is 0 Å². The molecule has 1 aromatic carbocycles. The van der Waals surface area contributed by atoms with E-state index in [0.717, 1.165) is 5.56 Å². The number of esters is 1. The van der Waals surface area contributed by atoms with Crippen LogP contribution in [0.5, 0.6) is 0 Å². The number of rotatable bonds is 7. The molecule has 0 aromatic heterocycles. The van der Waals surface area contributed by atoms with Crippen LogP contribution in [0, 0.1) is 0 Å². The second-order valence-electron chi connectivity index (χ2n) is 4.05. The zero-order chi connectivity index (χ0) is 13.4. The third kappa shape index (κ3) is 4.99. The second-order valence-corrected chi connectivity index (χ2v) is 4.05. The maximum absolute atomic E-state index is 11.5. The second kappa shape index (κ2) is 7.48. The summed E-state index contributed by atoms with van der Waals surface area (Å²) in [6.07, 6.45) is 0.724. The normalized spacial score (nSPS) is 11.8. The van der Waals surface area contributed by atoms with Crippen molar-refractivity contribution >= 4 is 11.9 Å². The highest BCUT2D eigenvalue weighted by molar-refractivity contribution is 5.71. The molecular weight excluding hydrogens is 232 g/mol. The molecule has 0 saturated heterocycles. The van der Waals surface area contributed by atoms with Crippen molar-refractivity contribution in [3.8, 4) is 0 Å². The Morgan fingerprint density at radius 3 is 2.50 bits per heavy atom. The zero-order valence-electron chi connectivity index (χ0n) is 10.5. The minimum absolute atomic E-state index is 0.0545. The predicted molar refractivity (Wildman–Crippen MR) is 67.3 cm³/mol. The van der Waals surface area contributed by atoms with Crippen molar-refractivity contribution in [1.29, 1.82) is 0 Å². The molecule has 0 aliphatic carbocycles. The summed E-state index contributed by atoms with van der Waals surface area (Å²) in [7, 11) is 0. The van der Waals surface area contributed by atoms with Gasteiger partial charge in [0, 0.05) is 6.42 Å². The molecule has 0 spiro atoms. The Hall–Kier alpha value is -1.84. The molecule has 18 heavy (non-hydrogen) atoms. The largest absolute Gasteiger partial charge is 0.481 e. The Morgan fingerprint density at radius 2 is 1.94 bits per heavy atom. The molecular formula is C14H18O4. The van der Waals surface area contributed by atoms with Crippen LogP contribution in [0.15, 0.2) is 30.3 Å². The van der Waals surface area contributed by atoms with Gasteiger partial charge in [0.05, 0.1) is 13.0 Å². The van der Waals surface area contributed by atoms with E-state index in [0.29, 0.717) is 13.0 Å². The molecule has 0 bridgehead atoms. The number of carboxylic acid groups (broad SMARTS) is 1. The summed E-state index contributed by atoms with van der Waals surface area (Å²) in [6, 6.07) is 9.47. The van der Waals surface area contributed by atoms with Gasteiger partial charge in [-0.3, -0.25) is 9.59 Å². The van der Waals surface area contributed by atoms with Crippen molar-refractivity contribution in [3.63, 3.8) is 0 Å². The Kier molecular flexibility index (Phi) is 5.91. The molecule has 0 aliphatic rings. The molecule has 1 N–H and O–H groups in total. The van der Waals surface area contributed by atoms with Crippen molar-refractivity contribution < 1.29 is 19.4 Å². The zero-order valence-corrected chi connectivity index (χ0v) is 10.5. The fourth-order valence-corrected chi connectivity index (χ4v) is 1.83. The number of benzene rings is 1. The van der Waals surface area contributed by atoms with E-state index < -0.39 is 5.97 Å². The Bertz CT molecular complexity index is 386. The fraction of sp³-hybridized carbons (Fsp3) is 0.429. The van der Waals surface area contributed by atoms with Gasteiger partial charge in [-0.25, -0.2) is 0 Å². The molecule has 4 heteroatoms. The molecule has 1 rings (SSSR count). The first-order valence-corrected chi connectivity index (χ1v) is 6.05. The molecule has 0 radical (unpaired) electrons. The SMILES string of the molecule is CCOC(=O)CC(CCC(=O)O)c1ccccc1. The van der Waals surface area contributed by atoms with Crippen LogP contribution in [0.25, 0.3) is 0 Å². The van der Waals surface area contributed by atoms with Gasteiger partial charge < -0.3 is 9.84 Å². The topological polar surface area (TPSA) is 63.6 Å². The molecule has 1 unspecified atom stereocenters. The third-order valence-corrected chi connectivity index (χ3v) is 2.70. The molecule has 4 nitrogen and oxygen atoms in total. The van der Waals surface area contributed by atoms with Crippen LogP contribution in [0.3, 0.4) is 0 Å². The van der Waals surface area contributed by atoms with Gasteiger partial charge in [-0.2, -0.15) is 0 Å². The van der Waals surface area contributed by atoms with Crippen LogP contribution in [0.2, 0.25) is 0 Å². The first-order valence-electron chi connectivity index (χ1n) is 6.05. The predicted octanol–water partition coefficient (Wildman–Crippen LogP) is 2.59. The Labute approximate surface area is 107 Å². The maximum atomic E-state index is 11.5. The highest BCUT2D eigenvalue weighted by Crippen LogP contribution is 2.25. The number of carbonyl (C=O) groups excluding carboxylic acids is 1. The monoisotopic (exact) mass is 250 g/mol. The number of hydrogen-bond donors (Lipinski definition) is 1. The molecule has 0 heterocycles. The van der Waals surface area contributed by atoms with Crippen LogP contribution < -0.4 is 0 Å². The molecule has 98 valence electrons. The van der Waals surface area contributed by atoms with Crippen molar-refractivity contribution in [2.75, 3.05) is 6.61 Å². The molecule has 0 amide bonds. The molecule has 0 aliphatic heterocycles. The maximum Gasteiger partial charge on any atom is 0.306 e. The quantitative estimate of drug-likeness (QED) is 0.755. The first kappa shape index (κ1) is 14.2. The van der Waals surface area contributed by atoms with Gasteiger partial charge in [0.15, 0.2) is 0 Å². The van der Waals surface area contributed by atoms with E-state index >= 15 is 0 Å². The van der Waals surface area contributed by atoms with Crippen LogP contribution >= 0.6 is 0 Å². The Morgan fingerprint density at radius 1 is 1.28 bits per heavy atom. The highest BCUT2D eigenvalue weighted by atomic mass is 16.5. The van der Waals surface area contributed by atoms with Gasteiger partial charge >= 0.3 is 11.9 Å². The van der Waals surface area contributed by atoms with Gasteiger partial charge in [-0.1, -0.05) is 30.3 Å². The summed E-state index contributed by atoms with van der Waals surface area (Å²) in [4.78, 5) is 22.1. The van der Waals surface area contributed by atoms with Crippen molar-refractivity contribution in [2.45, 2.75) is 32.1 Å². The van der Waals surface area contributed by atoms with E-state index in [1.807, 2.05) is 30.3 Å². The summed E-state index contributed by atoms with van der Waals surface area (Å²) in [5.41, 5.74) is 0.979. The first-order chi connectivity index (χ1) is 8.63. The fourth-order valence-electron chi connectivity index (χ4n) is 1.83. The van der Waals surface area contributed by atoms with Gasteiger partial charge in [0.2, 0.25) is 0 Å². The lowest BCUT2D eigenvalue weighted by molar-refractivity contribution is -0.144. The number of carboxylic acids is 1. The van der Waals surface area contributed by atoms with E-state index in [9.17, 15) is 9.59 Å².